The molecule has 0 bridgehead atoms. The molecule has 5 heteroatoms. The molecule has 2 aliphatic rings. The van der Waals surface area contributed by atoms with Crippen LogP contribution in [0.25, 0.3) is 0 Å². The molecular formula is C18H36N4O. The van der Waals surface area contributed by atoms with Gasteiger partial charge in [0.25, 0.3) is 0 Å². The summed E-state index contributed by atoms with van der Waals surface area (Å²) in [6, 6.07) is 1.45. The van der Waals surface area contributed by atoms with Gasteiger partial charge in [-0.15, -0.1) is 0 Å². The van der Waals surface area contributed by atoms with Gasteiger partial charge in [0.1, 0.15) is 0 Å². The topological polar surface area (TPSA) is 52.8 Å². The van der Waals surface area contributed by atoms with Crippen LogP contribution < -0.4 is 5.73 Å². The summed E-state index contributed by atoms with van der Waals surface area (Å²) in [4.78, 5) is 19.0. The standard InChI is InChI=1S/C18H36N4O/c1-3-5-16(6-4-2)20-11-13-21(14-12-20)17-7-9-22(10-8-17)18(23)15-19/h16-17H,3-15,19H2,1-2H3. The third-order valence-corrected chi connectivity index (χ3v) is 5.62. The van der Waals surface area contributed by atoms with Crippen molar-refractivity contribution in [3.05, 3.63) is 0 Å². The van der Waals surface area contributed by atoms with Crippen molar-refractivity contribution in [2.75, 3.05) is 45.8 Å². The quantitative estimate of drug-likeness (QED) is 0.771. The van der Waals surface area contributed by atoms with Crippen molar-refractivity contribution in [1.29, 1.82) is 0 Å². The highest BCUT2D eigenvalue weighted by Gasteiger charge is 2.30. The predicted molar refractivity (Wildman–Crippen MR) is 95.4 cm³/mol. The first-order chi connectivity index (χ1) is 11.2. The van der Waals surface area contributed by atoms with E-state index in [0.717, 1.165) is 32.0 Å². The van der Waals surface area contributed by atoms with Gasteiger partial charge < -0.3 is 10.6 Å². The number of amides is 1. The molecule has 0 atom stereocenters. The third kappa shape index (κ3) is 5.16. The van der Waals surface area contributed by atoms with Crippen molar-refractivity contribution in [2.24, 2.45) is 5.73 Å². The summed E-state index contributed by atoms with van der Waals surface area (Å²) in [5, 5.41) is 0. The van der Waals surface area contributed by atoms with E-state index in [4.69, 9.17) is 5.73 Å². The molecule has 2 heterocycles. The fraction of sp³-hybridized carbons (Fsp3) is 0.944. The molecule has 0 spiro atoms. The number of likely N-dealkylation sites (tertiary alicyclic amines) is 1. The minimum absolute atomic E-state index is 0.107. The van der Waals surface area contributed by atoms with Crippen LogP contribution in [0.5, 0.6) is 0 Å². The number of piperidine rings is 1. The maximum absolute atomic E-state index is 11.7. The molecule has 0 aromatic rings. The first kappa shape index (κ1) is 18.7. The van der Waals surface area contributed by atoms with Gasteiger partial charge in [0.05, 0.1) is 6.54 Å². The molecule has 134 valence electrons. The Bertz CT molecular complexity index is 341. The van der Waals surface area contributed by atoms with Crippen LogP contribution in [0.4, 0.5) is 0 Å². The van der Waals surface area contributed by atoms with Gasteiger partial charge in [-0.1, -0.05) is 26.7 Å². The number of piperazine rings is 1. The van der Waals surface area contributed by atoms with Gasteiger partial charge in [-0.2, -0.15) is 0 Å². The van der Waals surface area contributed by atoms with Crippen LogP contribution in [0.2, 0.25) is 0 Å². The van der Waals surface area contributed by atoms with Gasteiger partial charge in [-0.3, -0.25) is 14.6 Å². The molecule has 0 unspecified atom stereocenters. The van der Waals surface area contributed by atoms with Crippen molar-refractivity contribution in [3.8, 4) is 0 Å². The van der Waals surface area contributed by atoms with Crippen molar-refractivity contribution in [3.63, 3.8) is 0 Å². The fourth-order valence-corrected chi connectivity index (χ4v) is 4.25. The number of carbonyl (C=O) groups excluding carboxylic acids is 1. The molecule has 0 aliphatic carbocycles. The van der Waals surface area contributed by atoms with Crippen LogP contribution >= 0.6 is 0 Å². The molecule has 2 aliphatic heterocycles. The Morgan fingerprint density at radius 1 is 1.00 bits per heavy atom. The summed E-state index contributed by atoms with van der Waals surface area (Å²) in [6.45, 7) is 11.3. The average molecular weight is 325 g/mol. The minimum atomic E-state index is 0.107. The van der Waals surface area contributed by atoms with Crippen LogP contribution in [0.1, 0.15) is 52.4 Å². The zero-order valence-corrected chi connectivity index (χ0v) is 15.2. The Kier molecular flexibility index (Phi) is 7.80. The molecule has 0 saturated carbocycles. The average Bonchev–Trinajstić information content (AvgIpc) is 2.61. The second kappa shape index (κ2) is 9.60. The molecule has 0 aromatic heterocycles. The van der Waals surface area contributed by atoms with Crippen molar-refractivity contribution in [1.82, 2.24) is 14.7 Å². The van der Waals surface area contributed by atoms with Crippen LogP contribution in [-0.4, -0.2) is 78.5 Å². The highest BCUT2D eigenvalue weighted by molar-refractivity contribution is 5.78. The first-order valence-electron chi connectivity index (χ1n) is 9.65. The van der Waals surface area contributed by atoms with Crippen LogP contribution in [-0.2, 0) is 4.79 Å². The lowest BCUT2D eigenvalue weighted by atomic mass is 10.0. The van der Waals surface area contributed by atoms with Gasteiger partial charge in [0, 0.05) is 51.4 Å². The van der Waals surface area contributed by atoms with E-state index < -0.39 is 0 Å². The van der Waals surface area contributed by atoms with Crippen LogP contribution in [0.15, 0.2) is 0 Å². The number of nitrogens with zero attached hydrogens (tertiary/aromatic N) is 3. The van der Waals surface area contributed by atoms with Gasteiger partial charge in [-0.25, -0.2) is 0 Å². The summed E-state index contributed by atoms with van der Waals surface area (Å²) in [5.74, 6) is 0.107. The van der Waals surface area contributed by atoms with E-state index in [-0.39, 0.29) is 12.5 Å². The highest BCUT2D eigenvalue weighted by Crippen LogP contribution is 2.21. The Morgan fingerprint density at radius 3 is 2.04 bits per heavy atom. The van der Waals surface area contributed by atoms with E-state index in [2.05, 4.69) is 23.6 Å². The second-order valence-electron chi connectivity index (χ2n) is 7.12. The Hall–Kier alpha value is -0.650. The van der Waals surface area contributed by atoms with E-state index in [9.17, 15) is 4.79 Å². The van der Waals surface area contributed by atoms with Crippen LogP contribution in [0, 0.1) is 0 Å². The lowest BCUT2D eigenvalue weighted by Crippen LogP contribution is -2.55. The molecular weight excluding hydrogens is 288 g/mol. The normalized spacial score (nSPS) is 22.0. The Labute approximate surface area is 142 Å². The summed E-state index contributed by atoms with van der Waals surface area (Å²) < 4.78 is 0. The summed E-state index contributed by atoms with van der Waals surface area (Å²) >= 11 is 0. The number of hydrogen-bond acceptors (Lipinski definition) is 4. The number of carbonyl (C=O) groups is 1. The zero-order valence-electron chi connectivity index (χ0n) is 15.2. The van der Waals surface area contributed by atoms with E-state index >= 15 is 0 Å². The van der Waals surface area contributed by atoms with Gasteiger partial charge in [-0.05, 0) is 25.7 Å². The Balaban J connectivity index is 1.75. The van der Waals surface area contributed by atoms with Crippen molar-refractivity contribution in [2.45, 2.75) is 64.5 Å². The van der Waals surface area contributed by atoms with Gasteiger partial charge in [0.2, 0.25) is 5.91 Å². The SMILES string of the molecule is CCCC(CCC)N1CCN(C2CCN(C(=O)CN)CC2)CC1. The zero-order chi connectivity index (χ0) is 16.7. The number of rotatable bonds is 7. The maximum atomic E-state index is 11.7. The summed E-state index contributed by atoms with van der Waals surface area (Å²) in [6.07, 6.45) is 7.48. The molecule has 23 heavy (non-hydrogen) atoms. The fourth-order valence-electron chi connectivity index (χ4n) is 4.25. The lowest BCUT2D eigenvalue weighted by Gasteiger charge is -2.44. The summed E-state index contributed by atoms with van der Waals surface area (Å²) in [7, 11) is 0. The maximum Gasteiger partial charge on any atom is 0.236 e. The second-order valence-corrected chi connectivity index (χ2v) is 7.12. The smallest absolute Gasteiger partial charge is 0.236 e. The monoisotopic (exact) mass is 324 g/mol. The Morgan fingerprint density at radius 2 is 1.57 bits per heavy atom. The largest absolute Gasteiger partial charge is 0.341 e. The number of hydrogen-bond donors (Lipinski definition) is 1. The molecule has 0 aromatic carbocycles. The van der Waals surface area contributed by atoms with Crippen molar-refractivity contribution < 1.29 is 4.79 Å². The molecule has 0 radical (unpaired) electrons. The van der Waals surface area contributed by atoms with Gasteiger partial charge in [0.15, 0.2) is 0 Å². The molecule has 2 fully saturated rings. The molecule has 2 N–H and O–H groups in total. The van der Waals surface area contributed by atoms with E-state index in [1.54, 1.807) is 0 Å². The molecule has 2 rings (SSSR count). The van der Waals surface area contributed by atoms with E-state index in [1.807, 2.05) is 4.90 Å². The third-order valence-electron chi connectivity index (χ3n) is 5.62. The summed E-state index contributed by atoms with van der Waals surface area (Å²) in [5.41, 5.74) is 5.47. The van der Waals surface area contributed by atoms with Crippen LogP contribution in [0.3, 0.4) is 0 Å². The molecule has 1 amide bonds. The van der Waals surface area contributed by atoms with E-state index in [1.165, 1.54) is 51.9 Å². The minimum Gasteiger partial charge on any atom is -0.341 e. The van der Waals surface area contributed by atoms with E-state index in [0.29, 0.717) is 6.04 Å². The lowest BCUT2D eigenvalue weighted by molar-refractivity contribution is -0.131. The molecule has 5 nitrogen and oxygen atoms in total. The van der Waals surface area contributed by atoms with Gasteiger partial charge >= 0.3 is 0 Å². The van der Waals surface area contributed by atoms with Crippen molar-refractivity contribution >= 4 is 5.91 Å². The number of nitrogens with two attached hydrogens (primary N) is 1. The highest BCUT2D eigenvalue weighted by atomic mass is 16.2. The molecule has 2 saturated heterocycles. The first-order valence-corrected chi connectivity index (χ1v) is 9.65. The predicted octanol–water partition coefficient (Wildman–Crippen LogP) is 1.52.